The summed E-state index contributed by atoms with van der Waals surface area (Å²) in [4.78, 5) is 12.0. The Balaban J connectivity index is 2.29. The molecule has 0 spiro atoms. The minimum Gasteiger partial charge on any atom is -0.379 e. The topological polar surface area (TPSA) is 38.3 Å². The third-order valence-corrected chi connectivity index (χ3v) is 3.18. The molecule has 1 heterocycles. The smallest absolute Gasteiger partial charge is 0.139 e. The van der Waals surface area contributed by atoms with Crippen LogP contribution in [0.25, 0.3) is 0 Å². The van der Waals surface area contributed by atoms with Crippen LogP contribution in [0.1, 0.15) is 46.0 Å². The zero-order valence-electron chi connectivity index (χ0n) is 10.6. The van der Waals surface area contributed by atoms with Crippen molar-refractivity contribution in [3.63, 3.8) is 0 Å². The van der Waals surface area contributed by atoms with Crippen molar-refractivity contribution in [1.82, 2.24) is 5.32 Å². The number of hydrogen-bond donors (Lipinski definition) is 1. The van der Waals surface area contributed by atoms with Gasteiger partial charge in [-0.2, -0.15) is 0 Å². The molecule has 0 aromatic rings. The molecule has 1 aliphatic rings. The van der Waals surface area contributed by atoms with Gasteiger partial charge in [-0.1, -0.05) is 26.7 Å². The summed E-state index contributed by atoms with van der Waals surface area (Å²) in [7, 11) is 0. The minimum atomic E-state index is 0.100. The van der Waals surface area contributed by atoms with Gasteiger partial charge in [0.25, 0.3) is 0 Å². The Morgan fingerprint density at radius 3 is 2.75 bits per heavy atom. The Morgan fingerprint density at radius 2 is 2.06 bits per heavy atom. The highest BCUT2D eigenvalue weighted by atomic mass is 16.5. The van der Waals surface area contributed by atoms with Gasteiger partial charge < -0.3 is 10.1 Å². The van der Waals surface area contributed by atoms with Gasteiger partial charge in [0.15, 0.2) is 0 Å². The summed E-state index contributed by atoms with van der Waals surface area (Å²) >= 11 is 0. The zero-order valence-corrected chi connectivity index (χ0v) is 10.6. The van der Waals surface area contributed by atoms with E-state index in [0.29, 0.717) is 19.0 Å². The lowest BCUT2D eigenvalue weighted by atomic mass is 9.94. The van der Waals surface area contributed by atoms with Crippen LogP contribution in [-0.2, 0) is 9.53 Å². The number of carbonyl (C=O) groups excluding carboxylic acids is 1. The van der Waals surface area contributed by atoms with Gasteiger partial charge in [0, 0.05) is 12.5 Å². The first-order chi connectivity index (χ1) is 7.79. The van der Waals surface area contributed by atoms with E-state index in [4.69, 9.17) is 4.74 Å². The second kappa shape index (κ2) is 7.80. The summed E-state index contributed by atoms with van der Waals surface area (Å²) in [6, 6.07) is 0.258. The molecule has 1 rings (SSSR count). The van der Waals surface area contributed by atoms with Gasteiger partial charge in [-0.05, 0) is 19.4 Å². The first kappa shape index (κ1) is 13.7. The average Bonchev–Trinajstić information content (AvgIpc) is 2.74. The molecule has 0 radical (unpaired) electrons. The third kappa shape index (κ3) is 4.22. The molecule has 0 aliphatic carbocycles. The fraction of sp³-hybridized carbons (Fsp3) is 0.923. The molecule has 1 fully saturated rings. The van der Waals surface area contributed by atoms with Crippen LogP contribution in [-0.4, -0.2) is 31.6 Å². The summed E-state index contributed by atoms with van der Waals surface area (Å²) < 4.78 is 5.41. The van der Waals surface area contributed by atoms with Crippen molar-refractivity contribution in [2.45, 2.75) is 52.0 Å². The summed E-state index contributed by atoms with van der Waals surface area (Å²) in [6.45, 7) is 6.60. The Kier molecular flexibility index (Phi) is 6.65. The van der Waals surface area contributed by atoms with E-state index in [1.54, 1.807) is 0 Å². The fourth-order valence-corrected chi connectivity index (χ4v) is 2.14. The molecule has 2 atom stereocenters. The standard InChI is InChI=1S/C13H25NO2/c1-3-5-6-7-13(15)11-9-16-10-12(11)14-8-4-2/h11-12,14H,3-10H2,1-2H3. The van der Waals surface area contributed by atoms with Gasteiger partial charge in [-0.15, -0.1) is 0 Å². The maximum absolute atomic E-state index is 12.0. The van der Waals surface area contributed by atoms with Gasteiger partial charge in [0.05, 0.1) is 19.1 Å². The Hall–Kier alpha value is -0.410. The summed E-state index contributed by atoms with van der Waals surface area (Å²) in [5.41, 5.74) is 0. The summed E-state index contributed by atoms with van der Waals surface area (Å²) in [5, 5.41) is 3.41. The monoisotopic (exact) mass is 227 g/mol. The lowest BCUT2D eigenvalue weighted by molar-refractivity contribution is -0.123. The van der Waals surface area contributed by atoms with Gasteiger partial charge >= 0.3 is 0 Å². The van der Waals surface area contributed by atoms with E-state index in [1.165, 1.54) is 6.42 Å². The molecule has 0 aromatic carbocycles. The highest BCUT2D eigenvalue weighted by Crippen LogP contribution is 2.18. The van der Waals surface area contributed by atoms with Crippen LogP contribution >= 0.6 is 0 Å². The SMILES string of the molecule is CCCCCC(=O)C1COCC1NCCC. The molecule has 16 heavy (non-hydrogen) atoms. The number of nitrogens with one attached hydrogen (secondary N) is 1. The van der Waals surface area contributed by atoms with Crippen LogP contribution in [0.5, 0.6) is 0 Å². The highest BCUT2D eigenvalue weighted by Gasteiger charge is 2.32. The van der Waals surface area contributed by atoms with Crippen molar-refractivity contribution >= 4 is 5.78 Å². The fourth-order valence-electron chi connectivity index (χ4n) is 2.14. The number of rotatable bonds is 8. The molecule has 0 bridgehead atoms. The number of hydrogen-bond acceptors (Lipinski definition) is 3. The van der Waals surface area contributed by atoms with Gasteiger partial charge in [-0.25, -0.2) is 0 Å². The van der Waals surface area contributed by atoms with Crippen LogP contribution in [0.4, 0.5) is 0 Å². The Morgan fingerprint density at radius 1 is 1.25 bits per heavy atom. The molecule has 3 nitrogen and oxygen atoms in total. The van der Waals surface area contributed by atoms with Crippen molar-refractivity contribution in [3.05, 3.63) is 0 Å². The summed E-state index contributed by atoms with van der Waals surface area (Å²) in [6.07, 6.45) is 5.20. The quantitative estimate of drug-likeness (QED) is 0.646. The number of Topliss-reactive ketones (excluding diaryl/α,β-unsaturated/α-hetero) is 1. The molecule has 1 saturated heterocycles. The Bertz CT molecular complexity index is 206. The molecule has 2 unspecified atom stereocenters. The molecule has 0 aromatic heterocycles. The highest BCUT2D eigenvalue weighted by molar-refractivity contribution is 5.82. The lowest BCUT2D eigenvalue weighted by Gasteiger charge is -2.17. The second-order valence-corrected chi connectivity index (χ2v) is 4.63. The van der Waals surface area contributed by atoms with Crippen LogP contribution in [0.3, 0.4) is 0 Å². The van der Waals surface area contributed by atoms with E-state index in [2.05, 4.69) is 19.2 Å². The predicted molar refractivity (Wildman–Crippen MR) is 65.5 cm³/mol. The molecule has 0 amide bonds. The first-order valence-corrected chi connectivity index (χ1v) is 6.63. The number of ether oxygens (including phenoxy) is 1. The second-order valence-electron chi connectivity index (χ2n) is 4.63. The normalized spacial score (nSPS) is 24.9. The average molecular weight is 227 g/mol. The molecule has 0 saturated carbocycles. The molecular formula is C13H25NO2. The van der Waals surface area contributed by atoms with Crippen molar-refractivity contribution in [1.29, 1.82) is 0 Å². The Labute approximate surface area is 98.9 Å². The molecule has 94 valence electrons. The lowest BCUT2D eigenvalue weighted by Crippen LogP contribution is -2.39. The van der Waals surface area contributed by atoms with E-state index < -0.39 is 0 Å². The van der Waals surface area contributed by atoms with E-state index in [1.807, 2.05) is 0 Å². The van der Waals surface area contributed by atoms with Gasteiger partial charge in [0.1, 0.15) is 5.78 Å². The van der Waals surface area contributed by atoms with Crippen molar-refractivity contribution in [2.24, 2.45) is 5.92 Å². The maximum atomic E-state index is 12.0. The minimum absolute atomic E-state index is 0.100. The van der Waals surface area contributed by atoms with E-state index in [-0.39, 0.29) is 12.0 Å². The van der Waals surface area contributed by atoms with E-state index in [9.17, 15) is 4.79 Å². The molecule has 3 heteroatoms. The van der Waals surface area contributed by atoms with Crippen LogP contribution in [0.15, 0.2) is 0 Å². The van der Waals surface area contributed by atoms with Crippen LogP contribution in [0, 0.1) is 5.92 Å². The van der Waals surface area contributed by atoms with Gasteiger partial charge in [0.2, 0.25) is 0 Å². The maximum Gasteiger partial charge on any atom is 0.139 e. The van der Waals surface area contributed by atoms with Crippen LogP contribution < -0.4 is 5.32 Å². The summed E-state index contributed by atoms with van der Waals surface area (Å²) in [5.74, 6) is 0.489. The number of unbranched alkanes of at least 4 members (excludes halogenated alkanes) is 2. The van der Waals surface area contributed by atoms with Crippen molar-refractivity contribution in [3.8, 4) is 0 Å². The zero-order chi connectivity index (χ0) is 11.8. The van der Waals surface area contributed by atoms with E-state index in [0.717, 1.165) is 32.2 Å². The van der Waals surface area contributed by atoms with E-state index >= 15 is 0 Å². The molecule has 1 N–H and O–H groups in total. The first-order valence-electron chi connectivity index (χ1n) is 6.63. The largest absolute Gasteiger partial charge is 0.379 e. The van der Waals surface area contributed by atoms with Crippen LogP contribution in [0.2, 0.25) is 0 Å². The molecule has 1 aliphatic heterocycles. The van der Waals surface area contributed by atoms with Crippen molar-refractivity contribution in [2.75, 3.05) is 19.8 Å². The van der Waals surface area contributed by atoms with Crippen molar-refractivity contribution < 1.29 is 9.53 Å². The third-order valence-electron chi connectivity index (χ3n) is 3.18. The number of ketones is 1. The van der Waals surface area contributed by atoms with Gasteiger partial charge in [-0.3, -0.25) is 4.79 Å². The molecular weight excluding hydrogens is 202 g/mol. The number of carbonyl (C=O) groups is 1. The predicted octanol–water partition coefficient (Wildman–Crippen LogP) is 2.15.